The fraction of sp³-hybridized carbons (Fsp3) is 0. The molecule has 11 rings (SSSR count). The molecule has 0 bridgehead atoms. The van der Waals surface area contributed by atoms with Gasteiger partial charge in [-0.15, -0.1) is 11.3 Å². The SMILES string of the molecule is c1ccc2c(-c3ccc(N(c4ccc(-c5ccc6ccc7oc8ccccc8c7c6c5)cc4)c4ccc5c(c4)sc4ccccc45)cc3)cccc2c1. The van der Waals surface area contributed by atoms with Crippen molar-refractivity contribution < 1.29 is 4.42 Å². The maximum absolute atomic E-state index is 6.22. The Labute approximate surface area is 310 Å². The van der Waals surface area contributed by atoms with E-state index >= 15 is 0 Å². The number of benzene rings is 9. The summed E-state index contributed by atoms with van der Waals surface area (Å²) in [6.07, 6.45) is 0. The Bertz CT molecular complexity index is 3160. The minimum Gasteiger partial charge on any atom is -0.456 e. The standard InChI is InChI=1S/C50H31NOS/c1-2-10-40-33(8-1)9-7-13-41(40)34-20-25-38(26-21-34)51(39-27-28-43-42-11-4-6-15-48(42)53-49(43)31-39)37-23-18-32(19-24-37)36-17-16-35-22-29-47-50(45(35)30-36)44-12-3-5-14-46(44)52-47/h1-31H. The second-order valence-electron chi connectivity index (χ2n) is 13.7. The van der Waals surface area contributed by atoms with Gasteiger partial charge in [-0.05, 0) is 104 Å². The van der Waals surface area contributed by atoms with E-state index < -0.39 is 0 Å². The van der Waals surface area contributed by atoms with Gasteiger partial charge < -0.3 is 9.32 Å². The lowest BCUT2D eigenvalue weighted by atomic mass is 9.97. The minimum atomic E-state index is 0.920. The number of nitrogens with zero attached hydrogens (tertiary/aromatic N) is 1. The summed E-state index contributed by atoms with van der Waals surface area (Å²) >= 11 is 1.85. The number of anilines is 3. The van der Waals surface area contributed by atoms with Gasteiger partial charge in [-0.1, -0.05) is 127 Å². The van der Waals surface area contributed by atoms with Crippen molar-refractivity contribution in [1.82, 2.24) is 0 Å². The van der Waals surface area contributed by atoms with Crippen LogP contribution in [0.4, 0.5) is 17.1 Å². The van der Waals surface area contributed by atoms with Crippen molar-refractivity contribution >= 4 is 92.1 Å². The highest BCUT2D eigenvalue weighted by molar-refractivity contribution is 7.25. The third-order valence-electron chi connectivity index (χ3n) is 10.7. The fourth-order valence-electron chi connectivity index (χ4n) is 8.09. The molecule has 2 aromatic heterocycles. The first kappa shape index (κ1) is 30.0. The molecule has 0 aliphatic carbocycles. The zero-order valence-corrected chi connectivity index (χ0v) is 29.5. The number of hydrogen-bond acceptors (Lipinski definition) is 3. The van der Waals surface area contributed by atoms with E-state index in [0.717, 1.165) is 33.6 Å². The molecule has 0 radical (unpaired) electrons. The van der Waals surface area contributed by atoms with E-state index in [9.17, 15) is 0 Å². The Hall–Kier alpha value is -6.68. The molecule has 0 aliphatic heterocycles. The fourth-order valence-corrected chi connectivity index (χ4v) is 9.23. The molecule has 3 heteroatoms. The molecule has 0 spiro atoms. The summed E-state index contributed by atoms with van der Waals surface area (Å²) in [5, 5.41) is 9.86. The number of thiophene rings is 1. The summed E-state index contributed by atoms with van der Waals surface area (Å²) in [6.45, 7) is 0. The highest BCUT2D eigenvalue weighted by Gasteiger charge is 2.17. The van der Waals surface area contributed by atoms with Crippen molar-refractivity contribution in [1.29, 1.82) is 0 Å². The average molecular weight is 694 g/mol. The third kappa shape index (κ3) is 4.93. The van der Waals surface area contributed by atoms with Gasteiger partial charge in [-0.25, -0.2) is 0 Å². The van der Waals surface area contributed by atoms with E-state index in [1.807, 2.05) is 23.5 Å². The number of para-hydroxylation sites is 1. The second kappa shape index (κ2) is 11.9. The molecular weight excluding hydrogens is 663 g/mol. The van der Waals surface area contributed by atoms with E-state index in [4.69, 9.17) is 4.42 Å². The summed E-state index contributed by atoms with van der Waals surface area (Å²) in [5.41, 5.74) is 10.00. The van der Waals surface area contributed by atoms with Crippen LogP contribution in [0.3, 0.4) is 0 Å². The first-order valence-electron chi connectivity index (χ1n) is 18.0. The van der Waals surface area contributed by atoms with Crippen molar-refractivity contribution in [2.75, 3.05) is 4.90 Å². The van der Waals surface area contributed by atoms with E-state index in [1.54, 1.807) is 0 Å². The zero-order chi connectivity index (χ0) is 34.9. The summed E-state index contributed by atoms with van der Waals surface area (Å²) in [4.78, 5) is 2.38. The van der Waals surface area contributed by atoms with Crippen molar-refractivity contribution in [3.8, 4) is 22.3 Å². The summed E-state index contributed by atoms with van der Waals surface area (Å²) in [6, 6.07) is 68.1. The van der Waals surface area contributed by atoms with Crippen LogP contribution in [0.2, 0.25) is 0 Å². The molecule has 0 saturated heterocycles. The van der Waals surface area contributed by atoms with Gasteiger partial charge >= 0.3 is 0 Å². The van der Waals surface area contributed by atoms with Gasteiger partial charge in [0.1, 0.15) is 11.2 Å². The van der Waals surface area contributed by atoms with Crippen LogP contribution in [-0.2, 0) is 0 Å². The Morgan fingerprint density at radius 3 is 1.83 bits per heavy atom. The van der Waals surface area contributed by atoms with Crippen molar-refractivity contribution in [2.24, 2.45) is 0 Å². The molecule has 53 heavy (non-hydrogen) atoms. The molecule has 9 aromatic carbocycles. The lowest BCUT2D eigenvalue weighted by molar-refractivity contribution is 0.669. The van der Waals surface area contributed by atoms with Crippen molar-refractivity contribution in [3.05, 3.63) is 188 Å². The molecule has 0 fully saturated rings. The number of furan rings is 1. The van der Waals surface area contributed by atoms with Crippen LogP contribution in [0.15, 0.2) is 192 Å². The number of hydrogen-bond donors (Lipinski definition) is 0. The highest BCUT2D eigenvalue weighted by Crippen LogP contribution is 2.42. The summed E-state index contributed by atoms with van der Waals surface area (Å²) in [7, 11) is 0. The molecule has 2 nitrogen and oxygen atoms in total. The van der Waals surface area contributed by atoms with E-state index in [0.29, 0.717) is 0 Å². The summed E-state index contributed by atoms with van der Waals surface area (Å²) in [5.74, 6) is 0. The minimum absolute atomic E-state index is 0.920. The third-order valence-corrected chi connectivity index (χ3v) is 11.8. The highest BCUT2D eigenvalue weighted by atomic mass is 32.1. The van der Waals surface area contributed by atoms with Crippen LogP contribution in [-0.4, -0.2) is 0 Å². The molecule has 11 aromatic rings. The van der Waals surface area contributed by atoms with Crippen LogP contribution >= 0.6 is 11.3 Å². The van der Waals surface area contributed by atoms with E-state index in [2.05, 4.69) is 181 Å². The molecule has 0 amide bonds. The molecule has 0 unspecified atom stereocenters. The zero-order valence-electron chi connectivity index (χ0n) is 28.7. The average Bonchev–Trinajstić information content (AvgIpc) is 3.79. The van der Waals surface area contributed by atoms with Gasteiger partial charge in [0, 0.05) is 48.0 Å². The number of rotatable bonds is 5. The largest absolute Gasteiger partial charge is 0.456 e. The van der Waals surface area contributed by atoms with Crippen LogP contribution in [0.25, 0.3) is 85.9 Å². The maximum atomic E-state index is 6.22. The quantitative estimate of drug-likeness (QED) is 0.178. The van der Waals surface area contributed by atoms with E-state index in [1.165, 1.54) is 69.4 Å². The first-order valence-corrected chi connectivity index (χ1v) is 18.8. The van der Waals surface area contributed by atoms with Gasteiger partial charge in [0.25, 0.3) is 0 Å². The monoisotopic (exact) mass is 693 g/mol. The molecule has 0 atom stereocenters. The molecule has 0 saturated carbocycles. The predicted molar refractivity (Wildman–Crippen MR) is 227 cm³/mol. The molecule has 2 heterocycles. The van der Waals surface area contributed by atoms with E-state index in [-0.39, 0.29) is 0 Å². The maximum Gasteiger partial charge on any atom is 0.136 e. The normalized spacial score (nSPS) is 11.8. The Balaban J connectivity index is 1.02. The van der Waals surface area contributed by atoms with Crippen LogP contribution in [0.5, 0.6) is 0 Å². The molecule has 0 N–H and O–H groups in total. The van der Waals surface area contributed by atoms with Gasteiger partial charge in [-0.2, -0.15) is 0 Å². The van der Waals surface area contributed by atoms with Gasteiger partial charge in [0.2, 0.25) is 0 Å². The molecular formula is C50H31NOS. The van der Waals surface area contributed by atoms with Gasteiger partial charge in [-0.3, -0.25) is 0 Å². The molecule has 248 valence electrons. The van der Waals surface area contributed by atoms with Crippen LogP contribution < -0.4 is 4.90 Å². The number of fused-ring (bicyclic) bond motifs is 9. The van der Waals surface area contributed by atoms with Crippen LogP contribution in [0.1, 0.15) is 0 Å². The Kier molecular flexibility index (Phi) is 6.76. The first-order chi connectivity index (χ1) is 26.2. The van der Waals surface area contributed by atoms with Crippen molar-refractivity contribution in [3.63, 3.8) is 0 Å². The molecule has 0 aliphatic rings. The van der Waals surface area contributed by atoms with Crippen LogP contribution in [0, 0.1) is 0 Å². The smallest absolute Gasteiger partial charge is 0.136 e. The lowest BCUT2D eigenvalue weighted by Gasteiger charge is -2.26. The predicted octanol–water partition coefficient (Wildman–Crippen LogP) is 15.1. The topological polar surface area (TPSA) is 16.4 Å². The Morgan fingerprint density at radius 1 is 0.358 bits per heavy atom. The van der Waals surface area contributed by atoms with Crippen molar-refractivity contribution in [2.45, 2.75) is 0 Å². The lowest BCUT2D eigenvalue weighted by Crippen LogP contribution is -2.09. The second-order valence-corrected chi connectivity index (χ2v) is 14.8. The Morgan fingerprint density at radius 2 is 0.981 bits per heavy atom. The summed E-state index contributed by atoms with van der Waals surface area (Å²) < 4.78 is 8.82. The van der Waals surface area contributed by atoms with Gasteiger partial charge in [0.15, 0.2) is 0 Å². The van der Waals surface area contributed by atoms with Gasteiger partial charge in [0.05, 0.1) is 0 Å².